The maximum Gasteiger partial charge on any atom is 0.261 e. The van der Waals surface area contributed by atoms with Crippen LogP contribution in [0.15, 0.2) is 59.7 Å². The molecule has 0 saturated carbocycles. The van der Waals surface area contributed by atoms with Crippen molar-refractivity contribution in [1.29, 1.82) is 0 Å². The first-order valence-electron chi connectivity index (χ1n) is 10.5. The summed E-state index contributed by atoms with van der Waals surface area (Å²) in [5, 5.41) is 2.93. The van der Waals surface area contributed by atoms with E-state index in [0.717, 1.165) is 42.6 Å². The van der Waals surface area contributed by atoms with Gasteiger partial charge in [0, 0.05) is 41.9 Å². The lowest BCUT2D eigenvalue weighted by Gasteiger charge is -2.20. The minimum atomic E-state index is -0.393. The van der Waals surface area contributed by atoms with Crippen molar-refractivity contribution in [2.45, 2.75) is 53.0 Å². The van der Waals surface area contributed by atoms with Gasteiger partial charge in [0.25, 0.3) is 5.91 Å². The number of nitrogens with one attached hydrogen (secondary N) is 1. The van der Waals surface area contributed by atoms with E-state index in [0.29, 0.717) is 11.4 Å². The zero-order valence-corrected chi connectivity index (χ0v) is 17.9. The summed E-state index contributed by atoms with van der Waals surface area (Å²) in [6, 6.07) is 12.8. The number of aryl methyl sites for hydroxylation is 2. The van der Waals surface area contributed by atoms with Crippen LogP contribution in [0, 0.1) is 13.8 Å². The number of rotatable bonds is 8. The lowest BCUT2D eigenvalue weighted by Crippen LogP contribution is -2.27. The average Bonchev–Trinajstić information content (AvgIpc) is 2.74. The third-order valence-electron chi connectivity index (χ3n) is 5.31. The normalized spacial score (nSPS) is 10.8. The van der Waals surface area contributed by atoms with Crippen LogP contribution in [-0.4, -0.2) is 15.5 Å². The fourth-order valence-corrected chi connectivity index (χ4v) is 3.67. The molecular formula is C25H29N3O2. The van der Waals surface area contributed by atoms with Crippen LogP contribution in [0.4, 0.5) is 5.69 Å². The zero-order valence-electron chi connectivity index (χ0n) is 17.9. The lowest BCUT2D eigenvalue weighted by atomic mass is 10.0. The molecule has 156 valence electrons. The van der Waals surface area contributed by atoms with Crippen molar-refractivity contribution >= 4 is 11.6 Å². The number of amides is 1. The second kappa shape index (κ2) is 10.0. The van der Waals surface area contributed by atoms with E-state index in [1.807, 2.05) is 50.2 Å². The molecule has 2 heterocycles. The molecule has 3 aromatic rings. The summed E-state index contributed by atoms with van der Waals surface area (Å²) in [7, 11) is 0. The molecule has 0 aliphatic rings. The van der Waals surface area contributed by atoms with Gasteiger partial charge < -0.3 is 9.88 Å². The van der Waals surface area contributed by atoms with Gasteiger partial charge in [-0.3, -0.25) is 14.6 Å². The van der Waals surface area contributed by atoms with Crippen LogP contribution in [0.3, 0.4) is 0 Å². The zero-order chi connectivity index (χ0) is 21.5. The van der Waals surface area contributed by atoms with Crippen molar-refractivity contribution in [2.75, 3.05) is 5.32 Å². The Labute approximate surface area is 177 Å². The number of unbranched alkanes of at least 4 members (excludes halogenated alkanes) is 3. The van der Waals surface area contributed by atoms with Gasteiger partial charge in [0.15, 0.2) is 5.43 Å². The number of anilines is 1. The molecular weight excluding hydrogens is 374 g/mol. The molecule has 3 rings (SSSR count). The van der Waals surface area contributed by atoms with Crippen molar-refractivity contribution in [1.82, 2.24) is 9.55 Å². The first-order valence-corrected chi connectivity index (χ1v) is 10.5. The Balaban J connectivity index is 2.10. The minimum Gasteiger partial charge on any atom is -0.344 e. The fraction of sp³-hybridized carbons (Fsp3) is 0.320. The van der Waals surface area contributed by atoms with Crippen LogP contribution in [0.2, 0.25) is 0 Å². The Morgan fingerprint density at radius 2 is 1.87 bits per heavy atom. The highest BCUT2D eigenvalue weighted by atomic mass is 16.2. The molecule has 5 nitrogen and oxygen atoms in total. The van der Waals surface area contributed by atoms with Gasteiger partial charge in [0.1, 0.15) is 5.56 Å². The van der Waals surface area contributed by atoms with Gasteiger partial charge in [-0.15, -0.1) is 0 Å². The van der Waals surface area contributed by atoms with Crippen molar-refractivity contribution in [2.24, 2.45) is 0 Å². The monoisotopic (exact) mass is 403 g/mol. The second-order valence-electron chi connectivity index (χ2n) is 7.60. The number of hydrogen-bond acceptors (Lipinski definition) is 3. The summed E-state index contributed by atoms with van der Waals surface area (Å²) in [6.07, 6.45) is 7.82. The molecule has 1 aromatic carbocycles. The van der Waals surface area contributed by atoms with Gasteiger partial charge in [-0.1, -0.05) is 44.4 Å². The minimum absolute atomic E-state index is 0.160. The SMILES string of the molecule is CCCCCCn1c(C)cc(=O)c(C(=O)Nc2ccccc2C)c1-c1cccnc1. The summed E-state index contributed by atoms with van der Waals surface area (Å²) in [4.78, 5) is 30.5. The summed E-state index contributed by atoms with van der Waals surface area (Å²) in [6.45, 7) is 6.78. The van der Waals surface area contributed by atoms with E-state index in [4.69, 9.17) is 0 Å². The largest absolute Gasteiger partial charge is 0.344 e. The third kappa shape index (κ3) is 4.85. The molecule has 0 unspecified atom stereocenters. The highest BCUT2D eigenvalue weighted by Gasteiger charge is 2.22. The predicted octanol–water partition coefficient (Wildman–Crippen LogP) is 5.36. The Morgan fingerprint density at radius 1 is 1.07 bits per heavy atom. The molecule has 1 amide bonds. The summed E-state index contributed by atoms with van der Waals surface area (Å²) < 4.78 is 2.08. The van der Waals surface area contributed by atoms with Crippen molar-refractivity contribution in [3.05, 3.63) is 81.9 Å². The van der Waals surface area contributed by atoms with E-state index in [2.05, 4.69) is 21.8 Å². The Bertz CT molecular complexity index is 1070. The molecule has 0 atom stereocenters. The third-order valence-corrected chi connectivity index (χ3v) is 5.31. The number of carbonyl (C=O) groups excluding carboxylic acids is 1. The Kier molecular flexibility index (Phi) is 7.17. The Morgan fingerprint density at radius 3 is 2.57 bits per heavy atom. The van der Waals surface area contributed by atoms with E-state index in [1.165, 1.54) is 6.42 Å². The molecule has 0 aliphatic heterocycles. The average molecular weight is 404 g/mol. The van der Waals surface area contributed by atoms with Crippen molar-refractivity contribution in [3.63, 3.8) is 0 Å². The molecule has 1 N–H and O–H groups in total. The highest BCUT2D eigenvalue weighted by molar-refractivity contribution is 6.08. The van der Waals surface area contributed by atoms with E-state index >= 15 is 0 Å². The standard InChI is InChI=1S/C25H29N3O2/c1-4-5-6-9-15-28-19(3)16-22(29)23(24(28)20-12-10-14-26-17-20)25(30)27-21-13-8-7-11-18(21)2/h7-8,10-14,16-17H,4-6,9,15H2,1-3H3,(H,27,30). The maximum atomic E-state index is 13.3. The number of aromatic nitrogens is 2. The molecule has 5 heteroatoms. The molecule has 0 saturated heterocycles. The van der Waals surface area contributed by atoms with Gasteiger partial charge in [-0.05, 0) is 44.0 Å². The number of para-hydroxylation sites is 1. The lowest BCUT2D eigenvalue weighted by molar-refractivity contribution is 0.102. The van der Waals surface area contributed by atoms with Crippen LogP contribution in [0.25, 0.3) is 11.3 Å². The number of carbonyl (C=O) groups is 1. The van der Waals surface area contributed by atoms with Gasteiger partial charge in [-0.2, -0.15) is 0 Å². The summed E-state index contributed by atoms with van der Waals surface area (Å²) >= 11 is 0. The van der Waals surface area contributed by atoms with Crippen LogP contribution in [0.1, 0.15) is 54.2 Å². The number of nitrogens with zero attached hydrogens (tertiary/aromatic N) is 2. The molecule has 0 spiro atoms. The number of pyridine rings is 2. The van der Waals surface area contributed by atoms with Crippen LogP contribution >= 0.6 is 0 Å². The molecule has 30 heavy (non-hydrogen) atoms. The number of hydrogen-bond donors (Lipinski definition) is 1. The van der Waals surface area contributed by atoms with Gasteiger partial charge in [0.05, 0.1) is 5.69 Å². The molecule has 0 aliphatic carbocycles. The predicted molar refractivity (Wildman–Crippen MR) is 122 cm³/mol. The smallest absolute Gasteiger partial charge is 0.261 e. The van der Waals surface area contributed by atoms with E-state index in [9.17, 15) is 9.59 Å². The summed E-state index contributed by atoms with van der Waals surface area (Å²) in [5.74, 6) is -0.393. The first kappa shape index (κ1) is 21.5. The number of benzene rings is 1. The van der Waals surface area contributed by atoms with Gasteiger partial charge in [-0.25, -0.2) is 0 Å². The highest BCUT2D eigenvalue weighted by Crippen LogP contribution is 2.25. The Hall–Kier alpha value is -3.21. The molecule has 0 radical (unpaired) electrons. The van der Waals surface area contributed by atoms with Gasteiger partial charge in [0.2, 0.25) is 0 Å². The van der Waals surface area contributed by atoms with E-state index in [-0.39, 0.29) is 11.0 Å². The van der Waals surface area contributed by atoms with E-state index < -0.39 is 5.91 Å². The quantitative estimate of drug-likeness (QED) is 0.515. The summed E-state index contributed by atoms with van der Waals surface area (Å²) in [5.41, 5.74) is 3.78. The molecule has 0 bridgehead atoms. The second-order valence-corrected chi connectivity index (χ2v) is 7.60. The van der Waals surface area contributed by atoms with E-state index in [1.54, 1.807) is 18.5 Å². The molecule has 2 aromatic heterocycles. The van der Waals surface area contributed by atoms with Crippen molar-refractivity contribution in [3.8, 4) is 11.3 Å². The van der Waals surface area contributed by atoms with Crippen molar-refractivity contribution < 1.29 is 4.79 Å². The first-order chi connectivity index (χ1) is 14.5. The van der Waals surface area contributed by atoms with Crippen LogP contribution in [0.5, 0.6) is 0 Å². The van der Waals surface area contributed by atoms with Crippen LogP contribution in [-0.2, 0) is 6.54 Å². The fourth-order valence-electron chi connectivity index (χ4n) is 3.67. The van der Waals surface area contributed by atoms with Crippen LogP contribution < -0.4 is 10.7 Å². The molecule has 0 fully saturated rings. The van der Waals surface area contributed by atoms with Gasteiger partial charge >= 0.3 is 0 Å². The topological polar surface area (TPSA) is 64.0 Å². The maximum absolute atomic E-state index is 13.3.